The summed E-state index contributed by atoms with van der Waals surface area (Å²) in [5.41, 5.74) is 3.90. The highest BCUT2D eigenvalue weighted by molar-refractivity contribution is 6.30. The summed E-state index contributed by atoms with van der Waals surface area (Å²) in [6, 6.07) is 10.5. The van der Waals surface area contributed by atoms with Gasteiger partial charge in [-0.25, -0.2) is 0 Å². The molecule has 0 N–H and O–H groups in total. The molecule has 1 aliphatic heterocycles. The zero-order valence-corrected chi connectivity index (χ0v) is 18.2. The summed E-state index contributed by atoms with van der Waals surface area (Å²) in [5, 5.41) is 5.70. The largest absolute Gasteiger partial charge is 0.303 e. The quantitative estimate of drug-likeness (QED) is 0.615. The van der Waals surface area contributed by atoms with Crippen LogP contribution < -0.4 is 0 Å². The highest BCUT2D eigenvalue weighted by Gasteiger charge is 2.29. The maximum atomic E-state index is 6.02. The van der Waals surface area contributed by atoms with Gasteiger partial charge in [0, 0.05) is 36.1 Å². The molecule has 4 rings (SSSR count). The van der Waals surface area contributed by atoms with Crippen molar-refractivity contribution in [1.82, 2.24) is 14.7 Å². The van der Waals surface area contributed by atoms with Crippen molar-refractivity contribution in [1.29, 1.82) is 0 Å². The molecular weight excluding hydrogens is 366 g/mol. The molecule has 2 atom stereocenters. The van der Waals surface area contributed by atoms with Crippen LogP contribution in [-0.4, -0.2) is 34.3 Å². The molecule has 1 saturated carbocycles. The van der Waals surface area contributed by atoms with Crippen molar-refractivity contribution in [3.8, 4) is 0 Å². The Kier molecular flexibility index (Phi) is 6.42. The van der Waals surface area contributed by atoms with E-state index < -0.39 is 0 Å². The Morgan fingerprint density at radius 3 is 2.46 bits per heavy atom. The van der Waals surface area contributed by atoms with Gasteiger partial charge < -0.3 is 4.90 Å². The van der Waals surface area contributed by atoms with Crippen molar-refractivity contribution >= 4 is 11.6 Å². The number of likely N-dealkylation sites (tertiary alicyclic amines) is 1. The van der Waals surface area contributed by atoms with Crippen molar-refractivity contribution in [2.75, 3.05) is 19.6 Å². The number of benzene rings is 1. The first-order chi connectivity index (χ1) is 13.6. The standard InChI is InChI=1S/C24H34ClN3/c1-3-28-24(16-23(26-28)15-19-7-9-22(25)10-8-19)20-11-13-27(14-12-20)17-21-6-4-5-18(21)2/h7-10,16,18,20-21H,3-6,11-15,17H2,1-2H3. The Morgan fingerprint density at radius 1 is 1.07 bits per heavy atom. The fraction of sp³-hybridized carbons (Fsp3) is 0.625. The van der Waals surface area contributed by atoms with Gasteiger partial charge in [0.1, 0.15) is 0 Å². The van der Waals surface area contributed by atoms with Crippen molar-refractivity contribution in [3.63, 3.8) is 0 Å². The third-order valence-electron chi connectivity index (χ3n) is 7.00. The minimum Gasteiger partial charge on any atom is -0.303 e. The number of aromatic nitrogens is 2. The highest BCUT2D eigenvalue weighted by atomic mass is 35.5. The van der Waals surface area contributed by atoms with Crippen LogP contribution >= 0.6 is 11.6 Å². The van der Waals surface area contributed by atoms with E-state index in [0.717, 1.165) is 29.8 Å². The molecule has 2 heterocycles. The van der Waals surface area contributed by atoms with Gasteiger partial charge in [0.25, 0.3) is 0 Å². The maximum absolute atomic E-state index is 6.02. The molecule has 1 aromatic carbocycles. The molecule has 4 heteroatoms. The zero-order valence-electron chi connectivity index (χ0n) is 17.4. The molecule has 1 saturated heterocycles. The van der Waals surface area contributed by atoms with Crippen LogP contribution in [0.2, 0.25) is 5.02 Å². The van der Waals surface area contributed by atoms with Crippen molar-refractivity contribution in [2.45, 2.75) is 64.8 Å². The van der Waals surface area contributed by atoms with Crippen LogP contribution in [0.1, 0.15) is 68.8 Å². The van der Waals surface area contributed by atoms with Crippen molar-refractivity contribution < 1.29 is 0 Å². The minimum atomic E-state index is 0.656. The van der Waals surface area contributed by atoms with Crippen LogP contribution in [0.4, 0.5) is 0 Å². The van der Waals surface area contributed by atoms with E-state index in [9.17, 15) is 0 Å². The normalized spacial score (nSPS) is 24.1. The summed E-state index contributed by atoms with van der Waals surface area (Å²) < 4.78 is 2.24. The smallest absolute Gasteiger partial charge is 0.0671 e. The molecule has 1 aromatic heterocycles. The van der Waals surface area contributed by atoms with E-state index in [1.54, 1.807) is 0 Å². The Hall–Kier alpha value is -1.32. The van der Waals surface area contributed by atoms with Crippen LogP contribution in [0.3, 0.4) is 0 Å². The molecule has 152 valence electrons. The van der Waals surface area contributed by atoms with Gasteiger partial charge in [-0.2, -0.15) is 5.10 Å². The summed E-state index contributed by atoms with van der Waals surface area (Å²) in [5.74, 6) is 2.52. The Bertz CT molecular complexity index is 759. The summed E-state index contributed by atoms with van der Waals surface area (Å²) >= 11 is 6.02. The fourth-order valence-electron chi connectivity index (χ4n) is 5.20. The second-order valence-electron chi connectivity index (χ2n) is 8.92. The topological polar surface area (TPSA) is 21.1 Å². The van der Waals surface area contributed by atoms with Crippen LogP contribution in [-0.2, 0) is 13.0 Å². The first kappa shape index (κ1) is 20.0. The summed E-state index contributed by atoms with van der Waals surface area (Å²) in [6.07, 6.45) is 7.75. The van der Waals surface area contributed by atoms with Gasteiger partial charge in [-0.15, -0.1) is 0 Å². The molecule has 2 fully saturated rings. The van der Waals surface area contributed by atoms with Crippen LogP contribution in [0.25, 0.3) is 0 Å². The molecule has 28 heavy (non-hydrogen) atoms. The number of nitrogens with zero attached hydrogens (tertiary/aromatic N) is 3. The van der Waals surface area contributed by atoms with Gasteiger partial charge in [0.2, 0.25) is 0 Å². The first-order valence-electron chi connectivity index (χ1n) is 11.2. The Morgan fingerprint density at radius 2 is 1.82 bits per heavy atom. The predicted molar refractivity (Wildman–Crippen MR) is 117 cm³/mol. The molecular formula is C24H34ClN3. The highest BCUT2D eigenvalue weighted by Crippen LogP contribution is 2.34. The predicted octanol–water partition coefficient (Wildman–Crippen LogP) is 5.76. The fourth-order valence-corrected chi connectivity index (χ4v) is 5.33. The molecule has 0 amide bonds. The monoisotopic (exact) mass is 399 g/mol. The average molecular weight is 400 g/mol. The summed E-state index contributed by atoms with van der Waals surface area (Å²) in [4.78, 5) is 2.73. The Labute approximate surface area is 175 Å². The maximum Gasteiger partial charge on any atom is 0.0671 e. The van der Waals surface area contributed by atoms with E-state index in [0.29, 0.717) is 5.92 Å². The van der Waals surface area contributed by atoms with Crippen molar-refractivity contribution in [3.05, 3.63) is 52.3 Å². The van der Waals surface area contributed by atoms with Gasteiger partial charge in [-0.05, 0) is 74.9 Å². The van der Waals surface area contributed by atoms with Gasteiger partial charge >= 0.3 is 0 Å². The molecule has 2 unspecified atom stereocenters. The van der Waals surface area contributed by atoms with Crippen LogP contribution in [0, 0.1) is 11.8 Å². The van der Waals surface area contributed by atoms with E-state index in [1.165, 1.54) is 68.7 Å². The second kappa shape index (κ2) is 9.00. The van der Waals surface area contributed by atoms with Crippen LogP contribution in [0.15, 0.2) is 30.3 Å². The van der Waals surface area contributed by atoms with E-state index in [2.05, 4.69) is 41.6 Å². The lowest BCUT2D eigenvalue weighted by molar-refractivity contribution is 0.167. The molecule has 1 aliphatic carbocycles. The average Bonchev–Trinajstić information content (AvgIpc) is 3.30. The number of aryl methyl sites for hydroxylation is 1. The van der Waals surface area contributed by atoms with Gasteiger partial charge in [0.15, 0.2) is 0 Å². The molecule has 0 spiro atoms. The van der Waals surface area contributed by atoms with Gasteiger partial charge in [-0.1, -0.05) is 43.5 Å². The van der Waals surface area contributed by atoms with Gasteiger partial charge in [0.05, 0.1) is 5.69 Å². The lowest BCUT2D eigenvalue weighted by Gasteiger charge is -2.34. The van der Waals surface area contributed by atoms with E-state index in [1.807, 2.05) is 12.1 Å². The lowest BCUT2D eigenvalue weighted by Crippen LogP contribution is -2.37. The Balaban J connectivity index is 1.37. The minimum absolute atomic E-state index is 0.656. The number of rotatable bonds is 6. The summed E-state index contributed by atoms with van der Waals surface area (Å²) in [6.45, 7) is 9.43. The number of hydrogen-bond donors (Lipinski definition) is 0. The number of halogens is 1. The molecule has 0 radical (unpaired) electrons. The molecule has 2 aliphatic rings. The first-order valence-corrected chi connectivity index (χ1v) is 11.5. The van der Waals surface area contributed by atoms with Crippen molar-refractivity contribution in [2.24, 2.45) is 11.8 Å². The molecule has 0 bridgehead atoms. The lowest BCUT2D eigenvalue weighted by atomic mass is 9.91. The third-order valence-corrected chi connectivity index (χ3v) is 7.25. The summed E-state index contributed by atoms with van der Waals surface area (Å²) in [7, 11) is 0. The van der Waals surface area contributed by atoms with E-state index in [-0.39, 0.29) is 0 Å². The molecule has 2 aromatic rings. The molecule has 3 nitrogen and oxygen atoms in total. The van der Waals surface area contributed by atoms with E-state index in [4.69, 9.17) is 16.7 Å². The number of hydrogen-bond acceptors (Lipinski definition) is 2. The second-order valence-corrected chi connectivity index (χ2v) is 9.36. The van der Waals surface area contributed by atoms with Crippen LogP contribution in [0.5, 0.6) is 0 Å². The third kappa shape index (κ3) is 4.63. The van der Waals surface area contributed by atoms with Gasteiger partial charge in [-0.3, -0.25) is 4.68 Å². The number of piperidine rings is 1. The SMILES string of the molecule is CCn1nc(Cc2ccc(Cl)cc2)cc1C1CCN(CC2CCCC2C)CC1. The van der Waals surface area contributed by atoms with E-state index >= 15 is 0 Å². The zero-order chi connectivity index (χ0) is 19.5.